The van der Waals surface area contributed by atoms with Crippen LogP contribution in [0.15, 0.2) is 48.5 Å². The van der Waals surface area contributed by atoms with E-state index in [1.54, 1.807) is 6.07 Å². The Morgan fingerprint density at radius 2 is 1.69 bits per heavy atom. The largest absolute Gasteiger partial charge is 0.505 e. The molecule has 0 aromatic heterocycles. The molecule has 4 rings (SSSR count). The van der Waals surface area contributed by atoms with Crippen LogP contribution in [0.1, 0.15) is 24.0 Å². The molecule has 1 saturated heterocycles. The van der Waals surface area contributed by atoms with Gasteiger partial charge in [0.2, 0.25) is 0 Å². The standard InChI is InChI=1S/C22H26FNO2/c23-20-11-16(6-7-21(20)25)12-22(26)24-13-18-9-17(10-19(18)14-24)8-15-4-2-1-3-5-15/h1-7,11,17-19,22,25-26H,8-10,12-14H2/t17-,18-,19+,22?. The number of fused-ring (bicyclic) bond motifs is 1. The van der Waals surface area contributed by atoms with Crippen molar-refractivity contribution in [3.8, 4) is 5.75 Å². The van der Waals surface area contributed by atoms with Gasteiger partial charge < -0.3 is 10.2 Å². The normalized spacial score (nSPS) is 26.8. The molecule has 0 bridgehead atoms. The first-order valence-corrected chi connectivity index (χ1v) is 9.52. The predicted octanol–water partition coefficient (Wildman–Crippen LogP) is 3.59. The van der Waals surface area contributed by atoms with Gasteiger partial charge in [-0.2, -0.15) is 0 Å². The number of aliphatic hydroxyl groups is 1. The van der Waals surface area contributed by atoms with Crippen molar-refractivity contribution < 1.29 is 14.6 Å². The Hall–Kier alpha value is -1.91. The molecule has 2 aromatic carbocycles. The number of likely N-dealkylation sites (tertiary alicyclic amines) is 1. The molecule has 0 radical (unpaired) electrons. The monoisotopic (exact) mass is 355 g/mol. The lowest BCUT2D eigenvalue weighted by Crippen LogP contribution is -2.35. The van der Waals surface area contributed by atoms with Crippen LogP contribution in [0.5, 0.6) is 5.75 Å². The van der Waals surface area contributed by atoms with Crippen molar-refractivity contribution in [3.63, 3.8) is 0 Å². The number of aliphatic hydroxyl groups excluding tert-OH is 1. The van der Waals surface area contributed by atoms with Gasteiger partial charge in [0.15, 0.2) is 11.6 Å². The van der Waals surface area contributed by atoms with E-state index >= 15 is 0 Å². The van der Waals surface area contributed by atoms with Crippen molar-refractivity contribution >= 4 is 0 Å². The van der Waals surface area contributed by atoms with Gasteiger partial charge in [-0.05, 0) is 60.3 Å². The molecule has 1 unspecified atom stereocenters. The number of phenolic OH excluding ortho intramolecular Hbond substituents is 1. The van der Waals surface area contributed by atoms with Crippen LogP contribution in [0.3, 0.4) is 0 Å². The molecule has 4 atom stereocenters. The Kier molecular flexibility index (Phi) is 4.96. The van der Waals surface area contributed by atoms with E-state index in [9.17, 15) is 14.6 Å². The smallest absolute Gasteiger partial charge is 0.165 e. The summed E-state index contributed by atoms with van der Waals surface area (Å²) in [5.41, 5.74) is 2.13. The van der Waals surface area contributed by atoms with Crippen LogP contribution in [-0.2, 0) is 12.8 Å². The average Bonchev–Trinajstić information content (AvgIpc) is 3.17. The molecule has 1 aliphatic heterocycles. The number of benzene rings is 2. The summed E-state index contributed by atoms with van der Waals surface area (Å²) in [5.74, 6) is 1.10. The first kappa shape index (κ1) is 17.5. The van der Waals surface area contributed by atoms with E-state index in [1.807, 2.05) is 0 Å². The van der Waals surface area contributed by atoms with Gasteiger partial charge in [-0.3, -0.25) is 4.90 Å². The molecule has 2 fully saturated rings. The third-order valence-electron chi connectivity index (χ3n) is 6.10. The van der Waals surface area contributed by atoms with Gasteiger partial charge in [-0.15, -0.1) is 0 Å². The van der Waals surface area contributed by atoms with E-state index in [-0.39, 0.29) is 5.75 Å². The maximum Gasteiger partial charge on any atom is 0.165 e. The summed E-state index contributed by atoms with van der Waals surface area (Å²) in [4.78, 5) is 2.14. The molecular formula is C22H26FNO2. The highest BCUT2D eigenvalue weighted by Crippen LogP contribution is 2.43. The van der Waals surface area contributed by atoms with Gasteiger partial charge in [-0.1, -0.05) is 36.4 Å². The number of nitrogens with zero attached hydrogens (tertiary/aromatic N) is 1. The van der Waals surface area contributed by atoms with Crippen LogP contribution in [0.25, 0.3) is 0 Å². The zero-order valence-electron chi connectivity index (χ0n) is 14.9. The minimum absolute atomic E-state index is 0.344. The van der Waals surface area contributed by atoms with Crippen molar-refractivity contribution in [3.05, 3.63) is 65.5 Å². The minimum atomic E-state index is -0.628. The highest BCUT2D eigenvalue weighted by atomic mass is 19.1. The maximum atomic E-state index is 13.5. The van der Waals surface area contributed by atoms with Crippen molar-refractivity contribution in [1.29, 1.82) is 0 Å². The second-order valence-corrected chi connectivity index (χ2v) is 7.97. The molecule has 138 valence electrons. The summed E-state index contributed by atoms with van der Waals surface area (Å²) in [6.07, 6.45) is 3.43. The molecule has 2 aromatic rings. The van der Waals surface area contributed by atoms with Crippen LogP contribution in [0, 0.1) is 23.6 Å². The molecule has 2 N–H and O–H groups in total. The summed E-state index contributed by atoms with van der Waals surface area (Å²) in [6.45, 7) is 1.86. The van der Waals surface area contributed by atoms with Gasteiger partial charge in [0.25, 0.3) is 0 Å². The van der Waals surface area contributed by atoms with Crippen LogP contribution in [0.4, 0.5) is 4.39 Å². The van der Waals surface area contributed by atoms with E-state index < -0.39 is 12.0 Å². The molecule has 0 amide bonds. The summed E-state index contributed by atoms with van der Waals surface area (Å²) >= 11 is 0. The number of aromatic hydroxyl groups is 1. The number of halogens is 1. The number of rotatable bonds is 5. The van der Waals surface area contributed by atoms with Crippen LogP contribution in [-0.4, -0.2) is 34.4 Å². The van der Waals surface area contributed by atoms with E-state index in [1.165, 1.54) is 30.5 Å². The Morgan fingerprint density at radius 1 is 1.00 bits per heavy atom. The second-order valence-electron chi connectivity index (χ2n) is 7.97. The Bertz CT molecular complexity index is 737. The lowest BCUT2D eigenvalue weighted by atomic mass is 9.96. The second kappa shape index (κ2) is 7.37. The quantitative estimate of drug-likeness (QED) is 0.861. The van der Waals surface area contributed by atoms with Crippen molar-refractivity contribution in [2.45, 2.75) is 31.9 Å². The Morgan fingerprint density at radius 3 is 2.35 bits per heavy atom. The Balaban J connectivity index is 1.30. The summed E-state index contributed by atoms with van der Waals surface area (Å²) < 4.78 is 13.5. The third-order valence-corrected chi connectivity index (χ3v) is 6.10. The third kappa shape index (κ3) is 3.76. The molecule has 26 heavy (non-hydrogen) atoms. The fourth-order valence-electron chi connectivity index (χ4n) is 4.84. The Labute approximate surface area is 154 Å². The minimum Gasteiger partial charge on any atom is -0.505 e. The summed E-state index contributed by atoms with van der Waals surface area (Å²) in [5, 5.41) is 19.8. The lowest BCUT2D eigenvalue weighted by molar-refractivity contribution is 0.0146. The van der Waals surface area contributed by atoms with Gasteiger partial charge in [0.05, 0.1) is 0 Å². The van der Waals surface area contributed by atoms with E-state index in [0.717, 1.165) is 25.4 Å². The van der Waals surface area contributed by atoms with Crippen molar-refractivity contribution in [2.75, 3.05) is 13.1 Å². The van der Waals surface area contributed by atoms with Crippen LogP contribution in [0.2, 0.25) is 0 Å². The average molecular weight is 355 g/mol. The number of hydrogen-bond acceptors (Lipinski definition) is 3. The maximum absolute atomic E-state index is 13.5. The van der Waals surface area contributed by atoms with Gasteiger partial charge in [0.1, 0.15) is 6.23 Å². The topological polar surface area (TPSA) is 43.7 Å². The fourth-order valence-corrected chi connectivity index (χ4v) is 4.84. The zero-order chi connectivity index (χ0) is 18.1. The molecular weight excluding hydrogens is 329 g/mol. The molecule has 0 spiro atoms. The van der Waals surface area contributed by atoms with Gasteiger partial charge >= 0.3 is 0 Å². The van der Waals surface area contributed by atoms with Crippen LogP contribution < -0.4 is 0 Å². The van der Waals surface area contributed by atoms with Crippen LogP contribution >= 0.6 is 0 Å². The molecule has 1 saturated carbocycles. The van der Waals surface area contributed by atoms with E-state index in [0.29, 0.717) is 23.8 Å². The summed E-state index contributed by atoms with van der Waals surface area (Å²) in [7, 11) is 0. The molecule has 2 aliphatic rings. The predicted molar refractivity (Wildman–Crippen MR) is 99.2 cm³/mol. The highest BCUT2D eigenvalue weighted by Gasteiger charge is 2.42. The highest BCUT2D eigenvalue weighted by molar-refractivity contribution is 5.28. The van der Waals surface area contributed by atoms with Crippen molar-refractivity contribution in [2.24, 2.45) is 17.8 Å². The van der Waals surface area contributed by atoms with E-state index in [4.69, 9.17) is 0 Å². The zero-order valence-corrected chi connectivity index (χ0v) is 14.9. The summed E-state index contributed by atoms with van der Waals surface area (Å²) in [6, 6.07) is 15.0. The first-order chi connectivity index (χ1) is 12.6. The molecule has 4 heteroatoms. The molecule has 3 nitrogen and oxygen atoms in total. The van der Waals surface area contributed by atoms with E-state index in [2.05, 4.69) is 35.2 Å². The number of hydrogen-bond donors (Lipinski definition) is 2. The molecule has 1 heterocycles. The lowest BCUT2D eigenvalue weighted by Gasteiger charge is -2.25. The molecule has 1 aliphatic carbocycles. The van der Waals surface area contributed by atoms with Gasteiger partial charge in [-0.25, -0.2) is 4.39 Å². The first-order valence-electron chi connectivity index (χ1n) is 9.52. The number of phenols is 1. The fraction of sp³-hybridized carbons (Fsp3) is 0.455. The van der Waals surface area contributed by atoms with Gasteiger partial charge in [0, 0.05) is 19.5 Å². The SMILES string of the molecule is Oc1ccc(CC(O)N2C[C@H]3C[C@@H](Cc4ccccc4)C[C@H]3C2)cc1F. The van der Waals surface area contributed by atoms with Crippen molar-refractivity contribution in [1.82, 2.24) is 4.90 Å².